The number of esters is 1. The molecule has 0 saturated carbocycles. The summed E-state index contributed by atoms with van der Waals surface area (Å²) in [6.45, 7) is 3.06. The smallest absolute Gasteiger partial charge is 0.308 e. The Morgan fingerprint density at radius 3 is 2.37 bits per heavy atom. The predicted molar refractivity (Wildman–Crippen MR) is 112 cm³/mol. The molecular weight excluding hydrogens is 408 g/mol. The molecule has 30 heavy (non-hydrogen) atoms. The molecule has 1 saturated heterocycles. The molecule has 156 valence electrons. The van der Waals surface area contributed by atoms with Crippen LogP contribution in [0.2, 0.25) is 5.02 Å². The number of hydrogen-bond acceptors (Lipinski definition) is 5. The summed E-state index contributed by atoms with van der Waals surface area (Å²) in [5.41, 5.74) is 1.04. The molecule has 0 aromatic heterocycles. The molecule has 0 spiro atoms. The molecule has 7 nitrogen and oxygen atoms in total. The van der Waals surface area contributed by atoms with Crippen LogP contribution in [0.25, 0.3) is 6.08 Å². The Hall–Kier alpha value is -3.16. The summed E-state index contributed by atoms with van der Waals surface area (Å²) in [6, 6.07) is 13.2. The van der Waals surface area contributed by atoms with Crippen molar-refractivity contribution in [1.82, 2.24) is 10.2 Å². The minimum Gasteiger partial charge on any atom is -0.427 e. The standard InChI is InChI=1S/C22H21ClN2O5/c1-15(26)30-17-8-6-16(7-9-17)14-20(22(28)25-10-12-29-13-11-25)24-21(27)18-4-2-3-5-19(18)23/h2-9,14H,10-13H2,1H3,(H,24,27). The van der Waals surface area contributed by atoms with Gasteiger partial charge in [-0.15, -0.1) is 0 Å². The maximum absolute atomic E-state index is 13.1. The monoisotopic (exact) mass is 428 g/mol. The molecule has 2 amide bonds. The molecule has 0 bridgehead atoms. The van der Waals surface area contributed by atoms with Gasteiger partial charge in [0, 0.05) is 20.0 Å². The van der Waals surface area contributed by atoms with Crippen LogP contribution in [0.3, 0.4) is 0 Å². The lowest BCUT2D eigenvalue weighted by Crippen LogP contribution is -2.44. The highest BCUT2D eigenvalue weighted by Gasteiger charge is 2.23. The van der Waals surface area contributed by atoms with Gasteiger partial charge in [-0.05, 0) is 35.9 Å². The molecule has 0 radical (unpaired) electrons. The van der Waals surface area contributed by atoms with Crippen LogP contribution in [0.1, 0.15) is 22.8 Å². The van der Waals surface area contributed by atoms with Gasteiger partial charge in [-0.2, -0.15) is 0 Å². The zero-order chi connectivity index (χ0) is 21.5. The van der Waals surface area contributed by atoms with Crippen molar-refractivity contribution in [2.75, 3.05) is 26.3 Å². The topological polar surface area (TPSA) is 84.9 Å². The van der Waals surface area contributed by atoms with Gasteiger partial charge < -0.3 is 19.7 Å². The van der Waals surface area contributed by atoms with Crippen molar-refractivity contribution < 1.29 is 23.9 Å². The van der Waals surface area contributed by atoms with Gasteiger partial charge in [-0.25, -0.2) is 0 Å². The number of nitrogens with one attached hydrogen (secondary N) is 1. The summed E-state index contributed by atoms with van der Waals surface area (Å²) in [6.07, 6.45) is 1.57. The Morgan fingerprint density at radius 2 is 1.73 bits per heavy atom. The van der Waals surface area contributed by atoms with E-state index in [0.29, 0.717) is 42.6 Å². The number of carbonyl (C=O) groups is 3. The van der Waals surface area contributed by atoms with Gasteiger partial charge in [0.15, 0.2) is 0 Å². The van der Waals surface area contributed by atoms with E-state index in [0.717, 1.165) is 0 Å². The highest BCUT2D eigenvalue weighted by Crippen LogP contribution is 2.18. The number of carbonyl (C=O) groups excluding carboxylic acids is 3. The highest BCUT2D eigenvalue weighted by atomic mass is 35.5. The molecule has 0 aliphatic carbocycles. The minimum absolute atomic E-state index is 0.113. The van der Waals surface area contributed by atoms with E-state index in [9.17, 15) is 14.4 Å². The van der Waals surface area contributed by atoms with Crippen LogP contribution in [0, 0.1) is 0 Å². The van der Waals surface area contributed by atoms with Gasteiger partial charge in [0.1, 0.15) is 11.4 Å². The molecule has 1 N–H and O–H groups in total. The van der Waals surface area contributed by atoms with Crippen molar-refractivity contribution in [1.29, 1.82) is 0 Å². The molecular formula is C22H21ClN2O5. The minimum atomic E-state index is -0.481. The van der Waals surface area contributed by atoms with E-state index in [1.165, 1.54) is 6.92 Å². The maximum Gasteiger partial charge on any atom is 0.308 e. The number of nitrogens with zero attached hydrogens (tertiary/aromatic N) is 1. The summed E-state index contributed by atoms with van der Waals surface area (Å²) in [4.78, 5) is 38.5. The van der Waals surface area contributed by atoms with Crippen molar-refractivity contribution in [3.8, 4) is 5.75 Å². The van der Waals surface area contributed by atoms with Crippen LogP contribution < -0.4 is 10.1 Å². The van der Waals surface area contributed by atoms with Crippen molar-refractivity contribution in [3.63, 3.8) is 0 Å². The Morgan fingerprint density at radius 1 is 1.07 bits per heavy atom. The number of ether oxygens (including phenoxy) is 2. The Bertz CT molecular complexity index is 966. The number of rotatable bonds is 5. The van der Waals surface area contributed by atoms with Crippen LogP contribution >= 0.6 is 11.6 Å². The van der Waals surface area contributed by atoms with E-state index in [-0.39, 0.29) is 17.2 Å². The van der Waals surface area contributed by atoms with E-state index >= 15 is 0 Å². The van der Waals surface area contributed by atoms with E-state index in [4.69, 9.17) is 21.1 Å². The first-order valence-corrected chi connectivity index (χ1v) is 9.75. The van der Waals surface area contributed by atoms with Gasteiger partial charge in [0.05, 0.1) is 23.8 Å². The van der Waals surface area contributed by atoms with E-state index in [2.05, 4.69) is 5.32 Å². The summed E-state index contributed by atoms with van der Waals surface area (Å²) < 4.78 is 10.3. The van der Waals surface area contributed by atoms with Crippen molar-refractivity contribution in [2.45, 2.75) is 6.92 Å². The number of hydrogen-bond donors (Lipinski definition) is 1. The van der Waals surface area contributed by atoms with Gasteiger partial charge in [-0.3, -0.25) is 14.4 Å². The highest BCUT2D eigenvalue weighted by molar-refractivity contribution is 6.34. The van der Waals surface area contributed by atoms with Gasteiger partial charge in [-0.1, -0.05) is 35.9 Å². The second-order valence-electron chi connectivity index (χ2n) is 6.56. The number of amides is 2. The summed E-state index contributed by atoms with van der Waals surface area (Å²) in [5.74, 6) is -0.831. The summed E-state index contributed by atoms with van der Waals surface area (Å²) in [7, 11) is 0. The number of benzene rings is 2. The molecule has 2 aromatic carbocycles. The summed E-state index contributed by atoms with van der Waals surface area (Å²) in [5, 5.41) is 2.98. The lowest BCUT2D eigenvalue weighted by Gasteiger charge is -2.28. The zero-order valence-corrected chi connectivity index (χ0v) is 17.1. The largest absolute Gasteiger partial charge is 0.427 e. The third kappa shape index (κ3) is 5.68. The Balaban J connectivity index is 1.87. The van der Waals surface area contributed by atoms with Gasteiger partial charge >= 0.3 is 5.97 Å². The van der Waals surface area contributed by atoms with Crippen LogP contribution in [0.5, 0.6) is 5.75 Å². The van der Waals surface area contributed by atoms with E-state index in [1.54, 1.807) is 59.5 Å². The predicted octanol–water partition coefficient (Wildman–Crippen LogP) is 2.90. The fourth-order valence-corrected chi connectivity index (χ4v) is 3.11. The SMILES string of the molecule is CC(=O)Oc1ccc(C=C(NC(=O)c2ccccc2Cl)C(=O)N2CCOCC2)cc1. The fourth-order valence-electron chi connectivity index (χ4n) is 2.89. The first-order chi connectivity index (χ1) is 14.4. The average Bonchev–Trinajstić information content (AvgIpc) is 2.74. The third-order valence-corrected chi connectivity index (χ3v) is 4.68. The maximum atomic E-state index is 13.1. The fraction of sp³-hybridized carbons (Fsp3) is 0.227. The lowest BCUT2D eigenvalue weighted by atomic mass is 10.1. The van der Waals surface area contributed by atoms with E-state index < -0.39 is 11.9 Å². The lowest BCUT2D eigenvalue weighted by molar-refractivity contribution is -0.132. The zero-order valence-electron chi connectivity index (χ0n) is 16.4. The molecule has 8 heteroatoms. The Kier molecular flexibility index (Phi) is 7.21. The third-order valence-electron chi connectivity index (χ3n) is 4.35. The quantitative estimate of drug-likeness (QED) is 0.449. The van der Waals surface area contributed by atoms with Gasteiger partial charge in [0.2, 0.25) is 0 Å². The second kappa shape index (κ2) is 10.0. The average molecular weight is 429 g/mol. The van der Waals surface area contributed by atoms with Crippen LogP contribution in [0.4, 0.5) is 0 Å². The number of morpholine rings is 1. The van der Waals surface area contributed by atoms with Gasteiger partial charge in [0.25, 0.3) is 11.8 Å². The summed E-state index contributed by atoms with van der Waals surface area (Å²) >= 11 is 6.12. The van der Waals surface area contributed by atoms with Crippen molar-refractivity contribution >= 4 is 35.5 Å². The second-order valence-corrected chi connectivity index (χ2v) is 6.97. The van der Waals surface area contributed by atoms with E-state index in [1.807, 2.05) is 0 Å². The normalized spacial score (nSPS) is 14.2. The molecule has 3 rings (SSSR count). The first-order valence-electron chi connectivity index (χ1n) is 9.37. The van der Waals surface area contributed by atoms with Crippen molar-refractivity contribution in [3.05, 3.63) is 70.4 Å². The molecule has 1 heterocycles. The van der Waals surface area contributed by atoms with Crippen molar-refractivity contribution in [2.24, 2.45) is 0 Å². The Labute approximate surface area is 179 Å². The van der Waals surface area contributed by atoms with Crippen LogP contribution in [0.15, 0.2) is 54.2 Å². The molecule has 1 aliphatic rings. The van der Waals surface area contributed by atoms with Crippen LogP contribution in [-0.4, -0.2) is 49.0 Å². The molecule has 0 atom stereocenters. The van der Waals surface area contributed by atoms with Crippen LogP contribution in [-0.2, 0) is 14.3 Å². The number of halogens is 1. The molecule has 1 fully saturated rings. The molecule has 0 unspecified atom stereocenters. The first kappa shape index (κ1) is 21.5. The molecule has 1 aliphatic heterocycles. The molecule has 2 aromatic rings.